The maximum Gasteiger partial charge on any atom is 0.259 e. The van der Waals surface area contributed by atoms with Gasteiger partial charge < -0.3 is 16.2 Å². The Labute approximate surface area is 103 Å². The van der Waals surface area contributed by atoms with Crippen molar-refractivity contribution in [2.24, 2.45) is 0 Å². The van der Waals surface area contributed by atoms with Gasteiger partial charge in [-0.25, -0.2) is 4.39 Å². The number of amides is 1. The highest BCUT2D eigenvalue weighted by molar-refractivity contribution is 6.07. The van der Waals surface area contributed by atoms with E-state index in [0.29, 0.717) is 0 Å². The maximum atomic E-state index is 13.0. The van der Waals surface area contributed by atoms with Crippen LogP contribution in [0.5, 0.6) is 5.75 Å². The van der Waals surface area contributed by atoms with Gasteiger partial charge >= 0.3 is 0 Å². The van der Waals surface area contributed by atoms with Crippen LogP contribution in [0.4, 0.5) is 15.8 Å². The zero-order valence-corrected chi connectivity index (χ0v) is 9.35. The molecule has 0 heterocycles. The van der Waals surface area contributed by atoms with Crippen LogP contribution in [0.25, 0.3) is 0 Å². The first kappa shape index (κ1) is 11.9. The number of phenolic OH excluding ortho intramolecular Hbond substituents is 1. The van der Waals surface area contributed by atoms with Gasteiger partial charge in [-0.3, -0.25) is 4.79 Å². The lowest BCUT2D eigenvalue weighted by molar-refractivity contribution is 0.102. The van der Waals surface area contributed by atoms with Crippen LogP contribution in [0.3, 0.4) is 0 Å². The summed E-state index contributed by atoms with van der Waals surface area (Å²) in [6.07, 6.45) is 0. The number of hydrogen-bond acceptors (Lipinski definition) is 3. The topological polar surface area (TPSA) is 75.3 Å². The predicted octanol–water partition coefficient (Wildman–Crippen LogP) is 2.37. The molecule has 0 radical (unpaired) electrons. The first-order valence-electron chi connectivity index (χ1n) is 5.22. The minimum Gasteiger partial charge on any atom is -0.507 e. The summed E-state index contributed by atoms with van der Waals surface area (Å²) in [7, 11) is 0. The van der Waals surface area contributed by atoms with Crippen LogP contribution >= 0.6 is 0 Å². The number of para-hydroxylation sites is 1. The molecular formula is C13H11FN2O2. The summed E-state index contributed by atoms with van der Waals surface area (Å²) in [6.45, 7) is 0. The van der Waals surface area contributed by atoms with Crippen molar-refractivity contribution in [2.45, 2.75) is 0 Å². The van der Waals surface area contributed by atoms with E-state index in [4.69, 9.17) is 5.73 Å². The second-order valence-electron chi connectivity index (χ2n) is 3.70. The Morgan fingerprint density at radius 1 is 1.22 bits per heavy atom. The summed E-state index contributed by atoms with van der Waals surface area (Å²) in [5, 5.41) is 12.0. The highest BCUT2D eigenvalue weighted by Gasteiger charge is 2.12. The fourth-order valence-corrected chi connectivity index (χ4v) is 1.49. The van der Waals surface area contributed by atoms with Gasteiger partial charge in [0.25, 0.3) is 5.91 Å². The Hall–Kier alpha value is -2.56. The molecule has 0 unspecified atom stereocenters. The SMILES string of the molecule is Nc1ccc(F)cc1NC(=O)c1ccccc1O. The molecule has 4 N–H and O–H groups in total. The first-order chi connectivity index (χ1) is 8.58. The van der Waals surface area contributed by atoms with E-state index >= 15 is 0 Å². The molecule has 0 aliphatic rings. The number of carbonyl (C=O) groups is 1. The summed E-state index contributed by atoms with van der Waals surface area (Å²) in [6, 6.07) is 9.74. The van der Waals surface area contributed by atoms with Gasteiger partial charge in [-0.15, -0.1) is 0 Å². The van der Waals surface area contributed by atoms with Gasteiger partial charge in [0.05, 0.1) is 16.9 Å². The van der Waals surface area contributed by atoms with E-state index in [1.807, 2.05) is 0 Å². The van der Waals surface area contributed by atoms with Crippen LogP contribution < -0.4 is 11.1 Å². The predicted molar refractivity (Wildman–Crippen MR) is 66.9 cm³/mol. The molecule has 0 saturated carbocycles. The van der Waals surface area contributed by atoms with Crippen LogP contribution in [0.1, 0.15) is 10.4 Å². The lowest BCUT2D eigenvalue weighted by Gasteiger charge is -2.09. The van der Waals surface area contributed by atoms with E-state index in [9.17, 15) is 14.3 Å². The van der Waals surface area contributed by atoms with Gasteiger partial charge in [-0.05, 0) is 30.3 Å². The molecule has 0 spiro atoms. The molecule has 18 heavy (non-hydrogen) atoms. The summed E-state index contributed by atoms with van der Waals surface area (Å²) in [5.74, 6) is -1.20. The third-order valence-corrected chi connectivity index (χ3v) is 2.41. The number of nitrogens with two attached hydrogens (primary N) is 1. The number of phenols is 1. The van der Waals surface area contributed by atoms with Crippen LogP contribution in [0, 0.1) is 5.82 Å². The maximum absolute atomic E-state index is 13.0. The van der Waals surface area contributed by atoms with Gasteiger partial charge in [0.2, 0.25) is 0 Å². The zero-order chi connectivity index (χ0) is 13.1. The number of rotatable bonds is 2. The largest absolute Gasteiger partial charge is 0.507 e. The monoisotopic (exact) mass is 246 g/mol. The van der Waals surface area contributed by atoms with Gasteiger partial charge in [0.15, 0.2) is 0 Å². The molecule has 0 atom stereocenters. The molecule has 0 fully saturated rings. The molecule has 2 aromatic carbocycles. The second kappa shape index (κ2) is 4.75. The molecule has 0 aliphatic heterocycles. The molecule has 5 heteroatoms. The lowest BCUT2D eigenvalue weighted by Crippen LogP contribution is -2.13. The number of halogens is 1. The molecule has 1 amide bonds. The van der Waals surface area contributed by atoms with E-state index in [-0.39, 0.29) is 22.7 Å². The molecule has 2 aromatic rings. The van der Waals surface area contributed by atoms with Crippen molar-refractivity contribution in [1.82, 2.24) is 0 Å². The van der Waals surface area contributed by atoms with E-state index in [2.05, 4.69) is 5.32 Å². The minimum absolute atomic E-state index is 0.0983. The van der Waals surface area contributed by atoms with Crippen molar-refractivity contribution in [2.75, 3.05) is 11.1 Å². The van der Waals surface area contributed by atoms with Gasteiger partial charge in [0.1, 0.15) is 11.6 Å². The van der Waals surface area contributed by atoms with Crippen molar-refractivity contribution in [1.29, 1.82) is 0 Å². The van der Waals surface area contributed by atoms with E-state index < -0.39 is 11.7 Å². The highest BCUT2D eigenvalue weighted by Crippen LogP contribution is 2.22. The number of aromatic hydroxyl groups is 1. The van der Waals surface area contributed by atoms with Crippen molar-refractivity contribution >= 4 is 17.3 Å². The van der Waals surface area contributed by atoms with E-state index in [0.717, 1.165) is 6.07 Å². The Bertz CT molecular complexity index is 599. The van der Waals surface area contributed by atoms with E-state index in [1.165, 1.54) is 24.3 Å². The van der Waals surface area contributed by atoms with Crippen molar-refractivity contribution < 1.29 is 14.3 Å². The van der Waals surface area contributed by atoms with Gasteiger partial charge in [0, 0.05) is 0 Å². The Morgan fingerprint density at radius 2 is 1.94 bits per heavy atom. The van der Waals surface area contributed by atoms with Crippen molar-refractivity contribution in [3.63, 3.8) is 0 Å². The summed E-state index contributed by atoms with van der Waals surface area (Å²) in [4.78, 5) is 11.8. The molecular weight excluding hydrogens is 235 g/mol. The quantitative estimate of drug-likeness (QED) is 0.712. The van der Waals surface area contributed by atoms with E-state index in [1.54, 1.807) is 12.1 Å². The summed E-state index contributed by atoms with van der Waals surface area (Å²) >= 11 is 0. The van der Waals surface area contributed by atoms with Crippen LogP contribution in [-0.2, 0) is 0 Å². The Morgan fingerprint density at radius 3 is 2.67 bits per heavy atom. The molecule has 0 aromatic heterocycles. The standard InChI is InChI=1S/C13H11FN2O2/c14-8-5-6-10(15)11(7-8)16-13(18)9-3-1-2-4-12(9)17/h1-7,17H,15H2,(H,16,18). The third-order valence-electron chi connectivity index (χ3n) is 2.41. The van der Waals surface area contributed by atoms with Gasteiger partial charge in [-0.1, -0.05) is 12.1 Å². The molecule has 0 bridgehead atoms. The number of carbonyl (C=O) groups excluding carboxylic acids is 1. The average Bonchev–Trinajstić information content (AvgIpc) is 2.34. The number of hydrogen-bond donors (Lipinski definition) is 3. The van der Waals surface area contributed by atoms with Crippen molar-refractivity contribution in [3.05, 3.63) is 53.8 Å². The fourth-order valence-electron chi connectivity index (χ4n) is 1.49. The Balaban J connectivity index is 2.27. The fraction of sp³-hybridized carbons (Fsp3) is 0. The van der Waals surface area contributed by atoms with Gasteiger partial charge in [-0.2, -0.15) is 0 Å². The highest BCUT2D eigenvalue weighted by atomic mass is 19.1. The number of anilines is 2. The average molecular weight is 246 g/mol. The van der Waals surface area contributed by atoms with Crippen LogP contribution in [0.15, 0.2) is 42.5 Å². The lowest BCUT2D eigenvalue weighted by atomic mass is 10.2. The normalized spacial score (nSPS) is 10.1. The van der Waals surface area contributed by atoms with Crippen LogP contribution in [0.2, 0.25) is 0 Å². The molecule has 2 rings (SSSR count). The molecule has 92 valence electrons. The third kappa shape index (κ3) is 2.40. The minimum atomic E-state index is -0.551. The Kier molecular flexibility index (Phi) is 3.14. The first-order valence-corrected chi connectivity index (χ1v) is 5.22. The summed E-state index contributed by atoms with van der Waals surface area (Å²) < 4.78 is 13.0. The zero-order valence-electron chi connectivity index (χ0n) is 9.35. The smallest absolute Gasteiger partial charge is 0.259 e. The number of nitrogen functional groups attached to an aromatic ring is 1. The molecule has 4 nitrogen and oxygen atoms in total. The number of nitrogens with one attached hydrogen (secondary N) is 1. The van der Waals surface area contributed by atoms with Crippen LogP contribution in [-0.4, -0.2) is 11.0 Å². The number of benzene rings is 2. The molecule has 0 aliphatic carbocycles. The van der Waals surface area contributed by atoms with Crippen molar-refractivity contribution in [3.8, 4) is 5.75 Å². The second-order valence-corrected chi connectivity index (χ2v) is 3.70. The molecule has 0 saturated heterocycles. The summed E-state index contributed by atoms with van der Waals surface area (Å²) in [5.41, 5.74) is 6.13.